The average Bonchev–Trinajstić information content (AvgIpc) is 3.04. The Labute approximate surface area is 168 Å². The van der Waals surface area contributed by atoms with Crippen LogP contribution in [-0.4, -0.2) is 22.3 Å². The Morgan fingerprint density at radius 3 is 2.48 bits per heavy atom. The molecule has 2 aromatic carbocycles. The maximum absolute atomic E-state index is 13.7. The lowest BCUT2D eigenvalue weighted by Gasteiger charge is -2.14. The number of hydrogen-bond donors (Lipinski definition) is 1. The molecule has 1 amide bonds. The van der Waals surface area contributed by atoms with Gasteiger partial charge < -0.3 is 10.1 Å². The number of carbonyl (C=O) groups is 1. The van der Waals surface area contributed by atoms with Gasteiger partial charge in [0.15, 0.2) is 18.2 Å². The first-order chi connectivity index (χ1) is 13.7. The van der Waals surface area contributed by atoms with Crippen molar-refractivity contribution >= 4 is 11.7 Å². The predicted octanol–water partition coefficient (Wildman–Crippen LogP) is 4.52. The molecule has 0 saturated carbocycles. The van der Waals surface area contributed by atoms with Crippen LogP contribution in [0, 0.1) is 11.6 Å². The summed E-state index contributed by atoms with van der Waals surface area (Å²) in [6.07, 6.45) is 0. The summed E-state index contributed by atoms with van der Waals surface area (Å²) in [5, 5.41) is 7.40. The Hall–Kier alpha value is -3.22. The molecule has 29 heavy (non-hydrogen) atoms. The van der Waals surface area contributed by atoms with Crippen LogP contribution in [0.3, 0.4) is 0 Å². The zero-order valence-corrected chi connectivity index (χ0v) is 16.6. The molecule has 0 bridgehead atoms. The summed E-state index contributed by atoms with van der Waals surface area (Å²) >= 11 is 0. The normalized spacial score (nSPS) is 11.3. The highest BCUT2D eigenvalue weighted by Crippen LogP contribution is 2.25. The molecule has 5 nitrogen and oxygen atoms in total. The van der Waals surface area contributed by atoms with Crippen molar-refractivity contribution in [3.63, 3.8) is 0 Å². The summed E-state index contributed by atoms with van der Waals surface area (Å²) in [7, 11) is 0. The van der Waals surface area contributed by atoms with Crippen LogP contribution in [0.1, 0.15) is 32.0 Å². The highest BCUT2D eigenvalue weighted by Gasteiger charge is 2.21. The summed E-state index contributed by atoms with van der Waals surface area (Å²) in [6.45, 7) is 6.18. The first kappa shape index (κ1) is 20.5. The van der Waals surface area contributed by atoms with Crippen molar-refractivity contribution in [2.75, 3.05) is 11.9 Å². The zero-order chi connectivity index (χ0) is 21.0. The molecule has 3 aromatic rings. The number of ether oxygens (including phenoxy) is 1. The molecule has 0 spiro atoms. The minimum atomic E-state index is -0.859. The van der Waals surface area contributed by atoms with Gasteiger partial charge >= 0.3 is 0 Å². The molecule has 0 aliphatic rings. The molecule has 0 radical (unpaired) electrons. The summed E-state index contributed by atoms with van der Waals surface area (Å²) in [4.78, 5) is 12.4. The van der Waals surface area contributed by atoms with E-state index in [0.717, 1.165) is 23.4 Å². The summed E-state index contributed by atoms with van der Waals surface area (Å²) in [5.74, 6) is -1.70. The Balaban J connectivity index is 1.74. The molecule has 1 heterocycles. The van der Waals surface area contributed by atoms with E-state index in [2.05, 4.69) is 10.4 Å². The van der Waals surface area contributed by atoms with E-state index in [0.29, 0.717) is 18.4 Å². The Morgan fingerprint density at radius 1 is 1.10 bits per heavy atom. The molecule has 1 N–H and O–H groups in total. The number of anilines is 1. The van der Waals surface area contributed by atoms with Gasteiger partial charge in [-0.3, -0.25) is 4.79 Å². The van der Waals surface area contributed by atoms with Crippen LogP contribution in [0.5, 0.6) is 5.75 Å². The number of amides is 1. The van der Waals surface area contributed by atoms with Gasteiger partial charge in [-0.2, -0.15) is 5.10 Å². The number of nitrogens with zero attached hydrogens (tertiary/aromatic N) is 2. The predicted molar refractivity (Wildman–Crippen MR) is 107 cm³/mol. The third-order valence-corrected chi connectivity index (χ3v) is 4.24. The third kappa shape index (κ3) is 5.40. The molecule has 0 aliphatic carbocycles. The van der Waals surface area contributed by atoms with Gasteiger partial charge in [-0.15, -0.1) is 0 Å². The lowest BCUT2D eigenvalue weighted by atomic mass is 9.92. The standard InChI is InChI=1S/C22H23F2N3O2/c1-22(2,3)19-12-20(27(26-19)13-15-7-5-4-6-8-15)25-21(28)14-29-18-10-9-16(23)11-17(18)24/h4-12H,13-14H2,1-3H3,(H,25,28). The number of carbonyl (C=O) groups excluding carboxylic acids is 1. The van der Waals surface area contributed by atoms with Gasteiger partial charge in [-0.25, -0.2) is 13.5 Å². The van der Waals surface area contributed by atoms with Crippen molar-refractivity contribution in [2.45, 2.75) is 32.7 Å². The van der Waals surface area contributed by atoms with E-state index in [1.54, 1.807) is 4.68 Å². The Bertz CT molecular complexity index is 995. The molecule has 7 heteroatoms. The van der Waals surface area contributed by atoms with Crippen molar-refractivity contribution in [1.82, 2.24) is 9.78 Å². The van der Waals surface area contributed by atoms with E-state index in [-0.39, 0.29) is 11.2 Å². The molecule has 0 saturated heterocycles. The topological polar surface area (TPSA) is 56.1 Å². The maximum atomic E-state index is 13.7. The SMILES string of the molecule is CC(C)(C)c1cc(NC(=O)COc2ccc(F)cc2F)n(Cc2ccccc2)n1. The second-order valence-electron chi connectivity index (χ2n) is 7.72. The van der Waals surface area contributed by atoms with Crippen molar-refractivity contribution in [1.29, 1.82) is 0 Å². The second-order valence-corrected chi connectivity index (χ2v) is 7.72. The molecule has 152 valence electrons. The van der Waals surface area contributed by atoms with Crippen LogP contribution < -0.4 is 10.1 Å². The molecule has 0 unspecified atom stereocenters. The smallest absolute Gasteiger partial charge is 0.263 e. The van der Waals surface area contributed by atoms with E-state index in [1.165, 1.54) is 0 Å². The van der Waals surface area contributed by atoms with Crippen LogP contribution in [0.4, 0.5) is 14.6 Å². The van der Waals surface area contributed by atoms with E-state index in [4.69, 9.17) is 4.74 Å². The summed E-state index contributed by atoms with van der Waals surface area (Å²) in [5.41, 5.74) is 1.67. The van der Waals surface area contributed by atoms with E-state index >= 15 is 0 Å². The van der Waals surface area contributed by atoms with E-state index in [9.17, 15) is 13.6 Å². The first-order valence-electron chi connectivity index (χ1n) is 9.22. The van der Waals surface area contributed by atoms with E-state index in [1.807, 2.05) is 57.2 Å². The van der Waals surface area contributed by atoms with Crippen LogP contribution in [0.15, 0.2) is 54.6 Å². The fourth-order valence-electron chi connectivity index (χ4n) is 2.68. The van der Waals surface area contributed by atoms with Gasteiger partial charge in [-0.1, -0.05) is 51.1 Å². The van der Waals surface area contributed by atoms with Crippen molar-refractivity contribution in [2.24, 2.45) is 0 Å². The number of benzene rings is 2. The van der Waals surface area contributed by atoms with Gasteiger partial charge in [0.1, 0.15) is 11.6 Å². The van der Waals surface area contributed by atoms with Crippen LogP contribution in [-0.2, 0) is 16.8 Å². The lowest BCUT2D eigenvalue weighted by Crippen LogP contribution is -2.22. The Kier molecular flexibility index (Phi) is 5.96. The molecule has 0 fully saturated rings. The minimum Gasteiger partial charge on any atom is -0.481 e. The third-order valence-electron chi connectivity index (χ3n) is 4.24. The zero-order valence-electron chi connectivity index (χ0n) is 16.6. The molecule has 1 aromatic heterocycles. The molecular formula is C22H23F2N3O2. The van der Waals surface area contributed by atoms with Gasteiger partial charge in [0, 0.05) is 17.5 Å². The highest BCUT2D eigenvalue weighted by atomic mass is 19.1. The number of rotatable bonds is 6. The molecule has 3 rings (SSSR count). The highest BCUT2D eigenvalue weighted by molar-refractivity contribution is 5.91. The second kappa shape index (κ2) is 8.43. The van der Waals surface area contributed by atoms with Gasteiger partial charge in [0.05, 0.1) is 12.2 Å². The summed E-state index contributed by atoms with van der Waals surface area (Å²) in [6, 6.07) is 14.5. The number of hydrogen-bond acceptors (Lipinski definition) is 3. The quantitative estimate of drug-likeness (QED) is 0.663. The molecular weight excluding hydrogens is 376 g/mol. The number of nitrogens with one attached hydrogen (secondary N) is 1. The first-order valence-corrected chi connectivity index (χ1v) is 9.22. The lowest BCUT2D eigenvalue weighted by molar-refractivity contribution is -0.118. The van der Waals surface area contributed by atoms with Gasteiger partial charge in [0.25, 0.3) is 5.91 Å². The van der Waals surface area contributed by atoms with Crippen LogP contribution in [0.2, 0.25) is 0 Å². The molecule has 0 atom stereocenters. The van der Waals surface area contributed by atoms with Gasteiger partial charge in [0.2, 0.25) is 0 Å². The van der Waals surface area contributed by atoms with Crippen LogP contribution >= 0.6 is 0 Å². The van der Waals surface area contributed by atoms with Crippen molar-refractivity contribution < 1.29 is 18.3 Å². The van der Waals surface area contributed by atoms with Crippen LogP contribution in [0.25, 0.3) is 0 Å². The van der Waals surface area contributed by atoms with Gasteiger partial charge in [-0.05, 0) is 17.7 Å². The average molecular weight is 399 g/mol. The fraction of sp³-hybridized carbons (Fsp3) is 0.273. The minimum absolute atomic E-state index is 0.185. The maximum Gasteiger partial charge on any atom is 0.263 e. The monoisotopic (exact) mass is 399 g/mol. The Morgan fingerprint density at radius 2 is 1.83 bits per heavy atom. The summed E-state index contributed by atoms with van der Waals surface area (Å²) < 4.78 is 33.5. The van der Waals surface area contributed by atoms with Crippen molar-refractivity contribution in [3.05, 3.63) is 77.5 Å². The molecule has 0 aliphatic heterocycles. The van der Waals surface area contributed by atoms with E-state index < -0.39 is 24.1 Å². The fourth-order valence-corrected chi connectivity index (χ4v) is 2.68. The largest absolute Gasteiger partial charge is 0.481 e. The number of aromatic nitrogens is 2. The van der Waals surface area contributed by atoms with Crippen molar-refractivity contribution in [3.8, 4) is 5.75 Å². The number of halogens is 2.